The van der Waals surface area contributed by atoms with Crippen molar-refractivity contribution in [2.75, 3.05) is 7.11 Å². The largest absolute Gasteiger partial charge is 0.469 e. The van der Waals surface area contributed by atoms with Gasteiger partial charge in [-0.05, 0) is 6.08 Å². The Labute approximate surface area is 66.6 Å². The topological polar surface area (TPSA) is 38.7 Å². The van der Waals surface area contributed by atoms with Gasteiger partial charge >= 0.3 is 0 Å². The van der Waals surface area contributed by atoms with Gasteiger partial charge < -0.3 is 14.6 Å². The van der Waals surface area contributed by atoms with Crippen LogP contribution in [-0.2, 0) is 9.47 Å². The van der Waals surface area contributed by atoms with E-state index in [9.17, 15) is 5.11 Å². The monoisotopic (exact) mass is 158 g/mol. The third kappa shape index (κ3) is 2.20. The SMILES string of the molecule is CCC1=C[C@@H](O)C[C@@H](OC)O1. The first kappa shape index (κ1) is 8.56. The molecule has 0 amide bonds. The predicted molar refractivity (Wildman–Crippen MR) is 40.9 cm³/mol. The zero-order valence-corrected chi connectivity index (χ0v) is 6.91. The standard InChI is InChI=1S/C8H14O3/c1-3-7-4-6(9)5-8(10-2)11-7/h4,6,8-9H,3,5H2,1-2H3/t6-,8+/m1/s1. The number of allylic oxidation sites excluding steroid dienone is 1. The van der Waals surface area contributed by atoms with Crippen LogP contribution in [0.4, 0.5) is 0 Å². The minimum absolute atomic E-state index is 0.273. The van der Waals surface area contributed by atoms with Crippen LogP contribution in [0.15, 0.2) is 11.8 Å². The zero-order valence-electron chi connectivity index (χ0n) is 6.91. The van der Waals surface area contributed by atoms with Crippen LogP contribution in [0.2, 0.25) is 0 Å². The van der Waals surface area contributed by atoms with Crippen molar-refractivity contribution in [3.8, 4) is 0 Å². The molecule has 64 valence electrons. The molecule has 0 aromatic carbocycles. The van der Waals surface area contributed by atoms with Crippen molar-refractivity contribution in [2.24, 2.45) is 0 Å². The van der Waals surface area contributed by atoms with Crippen molar-refractivity contribution < 1.29 is 14.6 Å². The molecule has 2 atom stereocenters. The lowest BCUT2D eigenvalue weighted by Crippen LogP contribution is -2.26. The summed E-state index contributed by atoms with van der Waals surface area (Å²) in [7, 11) is 1.58. The van der Waals surface area contributed by atoms with Gasteiger partial charge in [0, 0.05) is 20.0 Å². The maximum Gasteiger partial charge on any atom is 0.201 e. The predicted octanol–water partition coefficient (Wildman–Crippen LogP) is 1.03. The molecule has 0 aromatic heterocycles. The molecule has 0 saturated heterocycles. The first-order valence-electron chi connectivity index (χ1n) is 3.84. The average Bonchev–Trinajstić information content (AvgIpc) is 2.03. The molecule has 3 nitrogen and oxygen atoms in total. The van der Waals surface area contributed by atoms with Crippen molar-refractivity contribution in [1.29, 1.82) is 0 Å². The second kappa shape index (κ2) is 3.74. The van der Waals surface area contributed by atoms with Crippen LogP contribution >= 0.6 is 0 Å². The summed E-state index contributed by atoms with van der Waals surface area (Å²) in [6, 6.07) is 0. The summed E-state index contributed by atoms with van der Waals surface area (Å²) < 4.78 is 10.3. The quantitative estimate of drug-likeness (QED) is 0.652. The van der Waals surface area contributed by atoms with Crippen LogP contribution in [0.1, 0.15) is 19.8 Å². The Morgan fingerprint density at radius 1 is 1.82 bits per heavy atom. The summed E-state index contributed by atoms with van der Waals surface area (Å²) >= 11 is 0. The van der Waals surface area contributed by atoms with E-state index in [0.29, 0.717) is 6.42 Å². The molecule has 3 heteroatoms. The molecule has 0 saturated carbocycles. The summed E-state index contributed by atoms with van der Waals surface area (Å²) in [5.74, 6) is 0.815. The Kier molecular flexibility index (Phi) is 2.91. The molecule has 0 spiro atoms. The number of aliphatic hydroxyl groups is 1. The molecule has 0 bridgehead atoms. The van der Waals surface area contributed by atoms with Gasteiger partial charge in [-0.25, -0.2) is 0 Å². The molecule has 0 aromatic rings. The lowest BCUT2D eigenvalue weighted by Gasteiger charge is -2.25. The van der Waals surface area contributed by atoms with Gasteiger partial charge in [-0.15, -0.1) is 0 Å². The van der Waals surface area contributed by atoms with Crippen LogP contribution in [0.3, 0.4) is 0 Å². The zero-order chi connectivity index (χ0) is 8.27. The Hall–Kier alpha value is -0.540. The van der Waals surface area contributed by atoms with E-state index >= 15 is 0 Å². The fraction of sp³-hybridized carbons (Fsp3) is 0.750. The second-order valence-corrected chi connectivity index (χ2v) is 2.57. The third-order valence-corrected chi connectivity index (χ3v) is 1.71. The van der Waals surface area contributed by atoms with Crippen molar-refractivity contribution in [3.05, 3.63) is 11.8 Å². The van der Waals surface area contributed by atoms with E-state index in [4.69, 9.17) is 9.47 Å². The molecular weight excluding hydrogens is 144 g/mol. The Morgan fingerprint density at radius 3 is 3.09 bits per heavy atom. The van der Waals surface area contributed by atoms with Gasteiger partial charge in [0.15, 0.2) is 0 Å². The molecule has 1 rings (SSSR count). The van der Waals surface area contributed by atoms with Crippen LogP contribution in [-0.4, -0.2) is 24.6 Å². The summed E-state index contributed by atoms with van der Waals surface area (Å²) in [6.45, 7) is 1.98. The third-order valence-electron chi connectivity index (χ3n) is 1.71. The molecule has 1 heterocycles. The number of rotatable bonds is 2. The van der Waals surface area contributed by atoms with E-state index in [-0.39, 0.29) is 6.29 Å². The lowest BCUT2D eigenvalue weighted by molar-refractivity contribution is -0.123. The Balaban J connectivity index is 2.54. The fourth-order valence-electron chi connectivity index (χ4n) is 1.08. The van der Waals surface area contributed by atoms with Gasteiger partial charge in [-0.2, -0.15) is 0 Å². The first-order valence-corrected chi connectivity index (χ1v) is 3.84. The Morgan fingerprint density at radius 2 is 2.55 bits per heavy atom. The number of hydrogen-bond acceptors (Lipinski definition) is 3. The van der Waals surface area contributed by atoms with Gasteiger partial charge in [-0.1, -0.05) is 6.92 Å². The molecule has 0 radical (unpaired) electrons. The minimum atomic E-state index is -0.413. The van der Waals surface area contributed by atoms with E-state index in [1.165, 1.54) is 0 Å². The molecule has 0 unspecified atom stereocenters. The normalized spacial score (nSPS) is 31.0. The minimum Gasteiger partial charge on any atom is -0.469 e. The van der Waals surface area contributed by atoms with E-state index in [1.807, 2.05) is 6.92 Å². The molecule has 11 heavy (non-hydrogen) atoms. The van der Waals surface area contributed by atoms with Gasteiger partial charge in [0.2, 0.25) is 6.29 Å². The lowest BCUT2D eigenvalue weighted by atomic mass is 10.1. The summed E-state index contributed by atoms with van der Waals surface area (Å²) in [5, 5.41) is 9.28. The average molecular weight is 158 g/mol. The molecule has 0 fully saturated rings. The maximum absolute atomic E-state index is 9.28. The highest BCUT2D eigenvalue weighted by Gasteiger charge is 2.20. The van der Waals surface area contributed by atoms with E-state index in [1.54, 1.807) is 13.2 Å². The van der Waals surface area contributed by atoms with Crippen molar-refractivity contribution >= 4 is 0 Å². The van der Waals surface area contributed by atoms with Crippen LogP contribution in [0.5, 0.6) is 0 Å². The number of aliphatic hydroxyl groups excluding tert-OH is 1. The number of hydrogen-bond donors (Lipinski definition) is 1. The van der Waals surface area contributed by atoms with Crippen LogP contribution in [0.25, 0.3) is 0 Å². The molecular formula is C8H14O3. The van der Waals surface area contributed by atoms with Gasteiger partial charge in [0.25, 0.3) is 0 Å². The molecule has 1 N–H and O–H groups in total. The van der Waals surface area contributed by atoms with Gasteiger partial charge in [0.1, 0.15) is 0 Å². The molecule has 0 aliphatic carbocycles. The van der Waals surface area contributed by atoms with E-state index < -0.39 is 6.10 Å². The smallest absolute Gasteiger partial charge is 0.201 e. The van der Waals surface area contributed by atoms with E-state index in [2.05, 4.69) is 0 Å². The van der Waals surface area contributed by atoms with Crippen LogP contribution in [0, 0.1) is 0 Å². The highest BCUT2D eigenvalue weighted by Crippen LogP contribution is 2.19. The summed E-state index contributed by atoms with van der Waals surface area (Å²) in [6.07, 6.45) is 2.38. The number of methoxy groups -OCH3 is 1. The highest BCUT2D eigenvalue weighted by molar-refractivity contribution is 5.00. The highest BCUT2D eigenvalue weighted by atomic mass is 16.7. The summed E-state index contributed by atoms with van der Waals surface area (Å²) in [4.78, 5) is 0. The van der Waals surface area contributed by atoms with Gasteiger partial charge in [-0.3, -0.25) is 0 Å². The molecule has 1 aliphatic rings. The maximum atomic E-state index is 9.28. The molecule has 1 aliphatic heterocycles. The van der Waals surface area contributed by atoms with Crippen molar-refractivity contribution in [1.82, 2.24) is 0 Å². The number of ether oxygens (including phenoxy) is 2. The second-order valence-electron chi connectivity index (χ2n) is 2.57. The van der Waals surface area contributed by atoms with Crippen molar-refractivity contribution in [3.63, 3.8) is 0 Å². The summed E-state index contributed by atoms with van der Waals surface area (Å²) in [5.41, 5.74) is 0. The van der Waals surface area contributed by atoms with Crippen LogP contribution < -0.4 is 0 Å². The van der Waals surface area contributed by atoms with E-state index in [0.717, 1.165) is 12.2 Å². The fourth-order valence-corrected chi connectivity index (χ4v) is 1.08. The Bertz CT molecular complexity index is 153. The van der Waals surface area contributed by atoms with Gasteiger partial charge in [0.05, 0.1) is 11.9 Å². The van der Waals surface area contributed by atoms with Crippen molar-refractivity contribution in [2.45, 2.75) is 32.2 Å². The first-order chi connectivity index (χ1) is 5.26.